The number of amides is 1. The Bertz CT molecular complexity index is 749. The molecule has 2 aromatic rings. The summed E-state index contributed by atoms with van der Waals surface area (Å²) in [6.07, 6.45) is 2.14. The molecule has 0 aliphatic heterocycles. The van der Waals surface area contributed by atoms with Crippen molar-refractivity contribution in [1.29, 1.82) is 0 Å². The molecule has 1 N–H and O–H groups in total. The van der Waals surface area contributed by atoms with Crippen LogP contribution < -0.4 is 5.32 Å². The fourth-order valence-corrected chi connectivity index (χ4v) is 3.95. The molecule has 0 saturated carbocycles. The fourth-order valence-electron chi connectivity index (χ4n) is 3.58. The van der Waals surface area contributed by atoms with Crippen LogP contribution in [0.5, 0.6) is 0 Å². The van der Waals surface area contributed by atoms with Crippen molar-refractivity contribution in [2.75, 3.05) is 18.9 Å². The van der Waals surface area contributed by atoms with Gasteiger partial charge in [-0.15, -0.1) is 0 Å². The van der Waals surface area contributed by atoms with Gasteiger partial charge in [0.1, 0.15) is 0 Å². The standard InChI is InChI=1S/C20H23ClN2O/c1-13-10-14(2)20(17(21)11-13)22-19(24)12-23(3)18-9-8-15-6-4-5-7-16(15)18/h4-7,10-11,18H,8-9,12H2,1-3H3,(H,22,24). The Morgan fingerprint density at radius 1 is 1.29 bits per heavy atom. The van der Waals surface area contributed by atoms with E-state index < -0.39 is 0 Å². The molecule has 0 fully saturated rings. The molecular weight excluding hydrogens is 320 g/mol. The van der Waals surface area contributed by atoms with E-state index in [1.807, 2.05) is 33.0 Å². The molecule has 0 spiro atoms. The molecule has 2 aromatic carbocycles. The molecule has 3 rings (SSSR count). The lowest BCUT2D eigenvalue weighted by atomic mass is 10.1. The van der Waals surface area contributed by atoms with E-state index in [1.165, 1.54) is 11.1 Å². The number of rotatable bonds is 4. The summed E-state index contributed by atoms with van der Waals surface area (Å²) in [6, 6.07) is 12.7. The van der Waals surface area contributed by atoms with Gasteiger partial charge in [-0.25, -0.2) is 0 Å². The number of fused-ring (bicyclic) bond motifs is 1. The Labute approximate surface area is 148 Å². The van der Waals surface area contributed by atoms with Crippen molar-refractivity contribution in [2.45, 2.75) is 32.7 Å². The molecule has 0 heterocycles. The first kappa shape index (κ1) is 17.0. The van der Waals surface area contributed by atoms with Gasteiger partial charge >= 0.3 is 0 Å². The Morgan fingerprint density at radius 3 is 2.79 bits per heavy atom. The average molecular weight is 343 g/mol. The Balaban J connectivity index is 1.68. The van der Waals surface area contributed by atoms with E-state index >= 15 is 0 Å². The zero-order valence-electron chi connectivity index (χ0n) is 14.4. The van der Waals surface area contributed by atoms with E-state index in [4.69, 9.17) is 11.6 Å². The summed E-state index contributed by atoms with van der Waals surface area (Å²) in [5.74, 6) is -0.0317. The summed E-state index contributed by atoms with van der Waals surface area (Å²) in [5, 5.41) is 3.56. The smallest absolute Gasteiger partial charge is 0.238 e. The molecule has 1 amide bonds. The highest BCUT2D eigenvalue weighted by atomic mass is 35.5. The number of halogens is 1. The molecule has 1 unspecified atom stereocenters. The normalized spacial score (nSPS) is 16.3. The maximum atomic E-state index is 12.5. The maximum absolute atomic E-state index is 12.5. The van der Waals surface area contributed by atoms with Crippen molar-refractivity contribution < 1.29 is 4.79 Å². The zero-order valence-corrected chi connectivity index (χ0v) is 15.2. The number of aryl methyl sites for hydroxylation is 3. The number of hydrogen-bond acceptors (Lipinski definition) is 2. The van der Waals surface area contributed by atoms with Gasteiger partial charge in [0.25, 0.3) is 0 Å². The lowest BCUT2D eigenvalue weighted by molar-refractivity contribution is -0.117. The van der Waals surface area contributed by atoms with E-state index in [9.17, 15) is 4.79 Å². The van der Waals surface area contributed by atoms with Crippen LogP contribution in [0.1, 0.15) is 34.7 Å². The van der Waals surface area contributed by atoms with Crippen LogP contribution >= 0.6 is 11.6 Å². The van der Waals surface area contributed by atoms with Gasteiger partial charge in [0.15, 0.2) is 0 Å². The van der Waals surface area contributed by atoms with Crippen molar-refractivity contribution >= 4 is 23.2 Å². The molecule has 0 aromatic heterocycles. The molecule has 0 radical (unpaired) electrons. The van der Waals surface area contributed by atoms with Gasteiger partial charge in [0.2, 0.25) is 5.91 Å². The highest BCUT2D eigenvalue weighted by Gasteiger charge is 2.26. The van der Waals surface area contributed by atoms with Crippen molar-refractivity contribution in [3.05, 3.63) is 63.7 Å². The second kappa shape index (κ2) is 6.96. The van der Waals surface area contributed by atoms with Crippen molar-refractivity contribution in [2.24, 2.45) is 0 Å². The lowest BCUT2D eigenvalue weighted by Gasteiger charge is -2.25. The molecule has 24 heavy (non-hydrogen) atoms. The van der Waals surface area contributed by atoms with Gasteiger partial charge in [-0.2, -0.15) is 0 Å². The lowest BCUT2D eigenvalue weighted by Crippen LogP contribution is -2.32. The van der Waals surface area contributed by atoms with Gasteiger partial charge in [-0.3, -0.25) is 9.69 Å². The van der Waals surface area contributed by atoms with E-state index in [-0.39, 0.29) is 5.91 Å². The third kappa shape index (κ3) is 3.47. The molecule has 126 valence electrons. The first-order valence-electron chi connectivity index (χ1n) is 8.30. The second-order valence-electron chi connectivity index (χ2n) is 6.66. The number of likely N-dealkylation sites (N-methyl/N-ethyl adjacent to an activating group) is 1. The predicted octanol–water partition coefficient (Wildman–Crippen LogP) is 4.51. The number of carbonyl (C=O) groups is 1. The number of anilines is 1. The van der Waals surface area contributed by atoms with Gasteiger partial charge in [-0.1, -0.05) is 41.9 Å². The Morgan fingerprint density at radius 2 is 2.04 bits per heavy atom. The van der Waals surface area contributed by atoms with Crippen LogP contribution in [-0.2, 0) is 11.2 Å². The highest BCUT2D eigenvalue weighted by Crippen LogP contribution is 2.34. The number of benzene rings is 2. The third-order valence-electron chi connectivity index (χ3n) is 4.72. The van der Waals surface area contributed by atoms with Gasteiger partial charge in [-0.05, 0) is 62.1 Å². The minimum absolute atomic E-state index is 0.0317. The SMILES string of the molecule is Cc1cc(C)c(NC(=O)CN(C)C2CCc3ccccc32)c(Cl)c1. The minimum Gasteiger partial charge on any atom is -0.323 e. The number of hydrogen-bond donors (Lipinski definition) is 1. The van der Waals surface area contributed by atoms with Gasteiger partial charge < -0.3 is 5.32 Å². The Hall–Kier alpha value is -1.84. The average Bonchev–Trinajstić information content (AvgIpc) is 2.95. The topological polar surface area (TPSA) is 32.3 Å². The fraction of sp³-hybridized carbons (Fsp3) is 0.350. The van der Waals surface area contributed by atoms with E-state index in [2.05, 4.69) is 34.5 Å². The van der Waals surface area contributed by atoms with Gasteiger partial charge in [0, 0.05) is 6.04 Å². The van der Waals surface area contributed by atoms with Crippen molar-refractivity contribution in [1.82, 2.24) is 4.90 Å². The number of nitrogens with one attached hydrogen (secondary N) is 1. The van der Waals surface area contributed by atoms with Crippen molar-refractivity contribution in [3.63, 3.8) is 0 Å². The molecule has 3 nitrogen and oxygen atoms in total. The number of nitrogens with zero attached hydrogens (tertiary/aromatic N) is 1. The predicted molar refractivity (Wildman–Crippen MR) is 99.7 cm³/mol. The highest BCUT2D eigenvalue weighted by molar-refractivity contribution is 6.34. The quantitative estimate of drug-likeness (QED) is 0.886. The second-order valence-corrected chi connectivity index (χ2v) is 7.06. The van der Waals surface area contributed by atoms with Crippen LogP contribution in [0.25, 0.3) is 0 Å². The summed E-state index contributed by atoms with van der Waals surface area (Å²) in [7, 11) is 2.01. The zero-order chi connectivity index (χ0) is 17.3. The van der Waals surface area contributed by atoms with Crippen LogP contribution in [0.15, 0.2) is 36.4 Å². The molecule has 0 bridgehead atoms. The van der Waals surface area contributed by atoms with Crippen LogP contribution in [0.2, 0.25) is 5.02 Å². The van der Waals surface area contributed by atoms with Crippen molar-refractivity contribution in [3.8, 4) is 0 Å². The molecule has 1 aliphatic carbocycles. The monoisotopic (exact) mass is 342 g/mol. The van der Waals surface area contributed by atoms with Gasteiger partial charge in [0.05, 0.1) is 17.3 Å². The van der Waals surface area contributed by atoms with E-state index in [0.717, 1.165) is 24.0 Å². The first-order chi connectivity index (χ1) is 11.5. The summed E-state index contributed by atoms with van der Waals surface area (Å²) >= 11 is 6.28. The first-order valence-corrected chi connectivity index (χ1v) is 8.68. The molecule has 4 heteroatoms. The largest absolute Gasteiger partial charge is 0.323 e. The third-order valence-corrected chi connectivity index (χ3v) is 5.02. The van der Waals surface area contributed by atoms with E-state index in [1.54, 1.807) is 0 Å². The van der Waals surface area contributed by atoms with E-state index in [0.29, 0.717) is 23.3 Å². The Kier molecular flexibility index (Phi) is 4.93. The maximum Gasteiger partial charge on any atom is 0.238 e. The molecule has 1 aliphatic rings. The summed E-state index contributed by atoms with van der Waals surface area (Å²) in [5.41, 5.74) is 5.54. The molecule has 1 atom stereocenters. The van der Waals surface area contributed by atoms with Crippen LogP contribution in [0.3, 0.4) is 0 Å². The minimum atomic E-state index is -0.0317. The molecule has 0 saturated heterocycles. The summed E-state index contributed by atoms with van der Waals surface area (Å²) in [6.45, 7) is 4.31. The van der Waals surface area contributed by atoms with Crippen LogP contribution in [0.4, 0.5) is 5.69 Å². The number of carbonyl (C=O) groups excluding carboxylic acids is 1. The summed E-state index contributed by atoms with van der Waals surface area (Å²) in [4.78, 5) is 14.6. The molecular formula is C20H23ClN2O. The van der Waals surface area contributed by atoms with Crippen LogP contribution in [-0.4, -0.2) is 24.4 Å². The van der Waals surface area contributed by atoms with Crippen LogP contribution in [0, 0.1) is 13.8 Å². The summed E-state index contributed by atoms with van der Waals surface area (Å²) < 4.78 is 0.